The second-order valence-electron chi connectivity index (χ2n) is 5.66. The number of nitrogens with one attached hydrogen (secondary N) is 2. The van der Waals surface area contributed by atoms with Crippen LogP contribution in [0.3, 0.4) is 0 Å². The lowest BCUT2D eigenvalue weighted by molar-refractivity contribution is -0.118. The van der Waals surface area contributed by atoms with E-state index < -0.39 is 0 Å². The first-order valence-electron chi connectivity index (χ1n) is 8.23. The summed E-state index contributed by atoms with van der Waals surface area (Å²) >= 11 is 4.14. The number of thiophene rings is 1. The summed E-state index contributed by atoms with van der Waals surface area (Å²) < 4.78 is 0.595. The molecule has 0 aliphatic carbocycles. The van der Waals surface area contributed by atoms with Crippen molar-refractivity contribution in [3.05, 3.63) is 57.2 Å². The first kappa shape index (κ1) is 19.5. The van der Waals surface area contributed by atoms with Crippen molar-refractivity contribution in [1.82, 2.24) is 15.5 Å². The number of thioether (sulfide) groups is 1. The molecule has 0 radical (unpaired) electrons. The van der Waals surface area contributed by atoms with Crippen LogP contribution in [-0.4, -0.2) is 34.3 Å². The van der Waals surface area contributed by atoms with Crippen molar-refractivity contribution in [3.63, 3.8) is 0 Å². The van der Waals surface area contributed by atoms with Crippen molar-refractivity contribution < 1.29 is 9.59 Å². The van der Waals surface area contributed by atoms with Gasteiger partial charge < -0.3 is 10.6 Å². The first-order valence-corrected chi connectivity index (χ1v) is 10.9. The van der Waals surface area contributed by atoms with Gasteiger partial charge in [0.15, 0.2) is 4.34 Å². The Morgan fingerprint density at radius 2 is 1.96 bits per heavy atom. The number of anilines is 1. The molecule has 6 nitrogen and oxygen atoms in total. The van der Waals surface area contributed by atoms with Gasteiger partial charge in [-0.2, -0.15) is 0 Å². The van der Waals surface area contributed by atoms with Crippen LogP contribution in [0.25, 0.3) is 0 Å². The number of carbonyl (C=O) groups is 2. The number of nitrogens with zero attached hydrogens (tertiary/aromatic N) is 2. The number of aromatic nitrogens is 2. The van der Waals surface area contributed by atoms with Crippen molar-refractivity contribution in [1.29, 1.82) is 0 Å². The van der Waals surface area contributed by atoms with Crippen LogP contribution in [-0.2, 0) is 11.2 Å². The van der Waals surface area contributed by atoms with Gasteiger partial charge in [0.25, 0.3) is 5.91 Å². The molecule has 2 heterocycles. The Morgan fingerprint density at radius 3 is 2.70 bits per heavy atom. The number of aryl methyl sites for hydroxylation is 1. The van der Waals surface area contributed by atoms with Crippen LogP contribution < -0.4 is 10.6 Å². The molecular weight excluding hydrogens is 400 g/mol. The van der Waals surface area contributed by atoms with E-state index in [4.69, 9.17) is 0 Å². The summed E-state index contributed by atoms with van der Waals surface area (Å²) in [6.07, 6.45) is 0.830. The number of rotatable bonds is 8. The van der Waals surface area contributed by atoms with E-state index in [1.807, 2.05) is 42.6 Å². The molecule has 140 valence electrons. The van der Waals surface area contributed by atoms with E-state index in [2.05, 4.69) is 26.9 Å². The van der Waals surface area contributed by atoms with Crippen LogP contribution in [0.1, 0.15) is 20.2 Å². The highest BCUT2D eigenvalue weighted by atomic mass is 32.2. The predicted molar refractivity (Wildman–Crippen MR) is 111 cm³/mol. The van der Waals surface area contributed by atoms with E-state index in [0.717, 1.165) is 12.0 Å². The molecule has 27 heavy (non-hydrogen) atoms. The third-order valence-corrected chi connectivity index (χ3v) is 6.50. The van der Waals surface area contributed by atoms with Gasteiger partial charge in [-0.3, -0.25) is 9.59 Å². The van der Waals surface area contributed by atoms with Gasteiger partial charge in [-0.05, 0) is 36.9 Å². The molecule has 0 atom stereocenters. The average molecular weight is 419 g/mol. The van der Waals surface area contributed by atoms with Crippen molar-refractivity contribution in [2.24, 2.45) is 0 Å². The van der Waals surface area contributed by atoms with Crippen molar-refractivity contribution >= 4 is 51.9 Å². The maximum atomic E-state index is 12.2. The van der Waals surface area contributed by atoms with Crippen LogP contribution in [0, 0.1) is 6.92 Å². The summed E-state index contributed by atoms with van der Waals surface area (Å²) in [6, 6.07) is 11.6. The topological polar surface area (TPSA) is 84.0 Å². The first-order chi connectivity index (χ1) is 13.1. The van der Waals surface area contributed by atoms with E-state index in [1.165, 1.54) is 28.0 Å². The van der Waals surface area contributed by atoms with Crippen molar-refractivity contribution in [3.8, 4) is 0 Å². The second-order valence-corrected chi connectivity index (χ2v) is 8.89. The van der Waals surface area contributed by atoms with Crippen LogP contribution in [0.2, 0.25) is 0 Å². The smallest absolute Gasteiger partial charge is 0.286 e. The molecule has 0 spiro atoms. The van der Waals surface area contributed by atoms with Gasteiger partial charge in [0, 0.05) is 17.1 Å². The zero-order valence-electron chi connectivity index (χ0n) is 14.6. The fourth-order valence-electron chi connectivity index (χ4n) is 2.14. The maximum absolute atomic E-state index is 12.2. The van der Waals surface area contributed by atoms with Gasteiger partial charge in [0.1, 0.15) is 0 Å². The van der Waals surface area contributed by atoms with Crippen LogP contribution >= 0.6 is 34.4 Å². The highest BCUT2D eigenvalue weighted by Gasteiger charge is 2.14. The number of benzene rings is 1. The SMILES string of the molecule is Cc1ccc(NC(=O)c2nnc(SCC(=O)NCCc3cccs3)s2)cc1. The zero-order valence-corrected chi connectivity index (χ0v) is 17.0. The van der Waals surface area contributed by atoms with Gasteiger partial charge in [-0.15, -0.1) is 21.5 Å². The minimum Gasteiger partial charge on any atom is -0.355 e. The highest BCUT2D eigenvalue weighted by Crippen LogP contribution is 2.23. The van der Waals surface area contributed by atoms with Crippen LogP contribution in [0.15, 0.2) is 46.1 Å². The fraction of sp³-hybridized carbons (Fsp3) is 0.222. The van der Waals surface area contributed by atoms with Gasteiger partial charge in [0.2, 0.25) is 10.9 Å². The lowest BCUT2D eigenvalue weighted by Gasteiger charge is -2.03. The Hall–Kier alpha value is -2.23. The minimum atomic E-state index is -0.302. The molecule has 3 aromatic rings. The Morgan fingerprint density at radius 1 is 1.15 bits per heavy atom. The van der Waals surface area contributed by atoms with E-state index >= 15 is 0 Å². The molecule has 1 aromatic carbocycles. The van der Waals surface area contributed by atoms with E-state index in [1.54, 1.807) is 11.3 Å². The van der Waals surface area contributed by atoms with Gasteiger partial charge >= 0.3 is 0 Å². The second kappa shape index (κ2) is 9.63. The lowest BCUT2D eigenvalue weighted by Crippen LogP contribution is -2.27. The average Bonchev–Trinajstić information content (AvgIpc) is 3.34. The lowest BCUT2D eigenvalue weighted by atomic mass is 10.2. The molecule has 0 unspecified atom stereocenters. The molecule has 0 saturated heterocycles. The van der Waals surface area contributed by atoms with Crippen molar-refractivity contribution in [2.45, 2.75) is 17.7 Å². The fourth-order valence-corrected chi connectivity index (χ4v) is 4.43. The number of amides is 2. The minimum absolute atomic E-state index is 0.0580. The summed E-state index contributed by atoms with van der Waals surface area (Å²) in [5.74, 6) is -0.112. The molecule has 2 amide bonds. The summed E-state index contributed by atoms with van der Waals surface area (Å²) in [5, 5.41) is 15.9. The molecule has 0 bridgehead atoms. The Bertz CT molecular complexity index is 892. The quantitative estimate of drug-likeness (QED) is 0.546. The number of hydrogen-bond donors (Lipinski definition) is 2. The summed E-state index contributed by atoms with van der Waals surface area (Å²) in [5.41, 5.74) is 1.83. The summed E-state index contributed by atoms with van der Waals surface area (Å²) in [4.78, 5) is 25.4. The van der Waals surface area contributed by atoms with Gasteiger partial charge in [0.05, 0.1) is 5.75 Å². The van der Waals surface area contributed by atoms with Crippen molar-refractivity contribution in [2.75, 3.05) is 17.6 Å². The molecule has 2 N–H and O–H groups in total. The van der Waals surface area contributed by atoms with Gasteiger partial charge in [-0.25, -0.2) is 0 Å². The van der Waals surface area contributed by atoms with Crippen LogP contribution in [0.5, 0.6) is 0 Å². The van der Waals surface area contributed by atoms with Gasteiger partial charge in [-0.1, -0.05) is 46.9 Å². The number of hydrogen-bond acceptors (Lipinski definition) is 7. The molecule has 0 saturated carbocycles. The monoisotopic (exact) mass is 418 g/mol. The normalized spacial score (nSPS) is 10.6. The largest absolute Gasteiger partial charge is 0.355 e. The molecule has 0 aliphatic rings. The molecule has 0 fully saturated rings. The number of carbonyl (C=O) groups excluding carboxylic acids is 2. The molecule has 2 aromatic heterocycles. The molecule has 3 rings (SSSR count). The molecule has 0 aliphatic heterocycles. The third kappa shape index (κ3) is 6.16. The van der Waals surface area contributed by atoms with E-state index in [-0.39, 0.29) is 22.6 Å². The Labute approximate surface area is 169 Å². The molecule has 9 heteroatoms. The third-order valence-electron chi connectivity index (χ3n) is 3.51. The Kier molecular flexibility index (Phi) is 6.97. The summed E-state index contributed by atoms with van der Waals surface area (Å²) in [6.45, 7) is 2.60. The maximum Gasteiger partial charge on any atom is 0.286 e. The Balaban J connectivity index is 1.42. The standard InChI is InChI=1S/C18H18N4O2S3/c1-12-4-6-13(7-5-12)20-16(24)17-21-22-18(27-17)26-11-15(23)19-9-8-14-3-2-10-25-14/h2-7,10H,8-9,11H2,1H3,(H,19,23)(H,20,24). The summed E-state index contributed by atoms with van der Waals surface area (Å²) in [7, 11) is 0. The zero-order chi connectivity index (χ0) is 19.1. The van der Waals surface area contributed by atoms with E-state index in [0.29, 0.717) is 16.6 Å². The van der Waals surface area contributed by atoms with Crippen LogP contribution in [0.4, 0.5) is 5.69 Å². The highest BCUT2D eigenvalue weighted by molar-refractivity contribution is 8.01. The van der Waals surface area contributed by atoms with E-state index in [9.17, 15) is 9.59 Å². The predicted octanol–water partition coefficient (Wildman–Crippen LogP) is 3.61. The molecular formula is C18H18N4O2S3.